The lowest BCUT2D eigenvalue weighted by Crippen LogP contribution is -2.53. The van der Waals surface area contributed by atoms with E-state index in [2.05, 4.69) is 10.6 Å². The van der Waals surface area contributed by atoms with Gasteiger partial charge in [-0.2, -0.15) is 0 Å². The van der Waals surface area contributed by atoms with Crippen molar-refractivity contribution in [3.8, 4) is 5.75 Å². The van der Waals surface area contributed by atoms with Crippen LogP contribution in [0.5, 0.6) is 5.75 Å². The van der Waals surface area contributed by atoms with E-state index >= 15 is 0 Å². The molecule has 1 aromatic rings. The molecule has 2 amide bonds. The molecule has 1 aliphatic heterocycles. The van der Waals surface area contributed by atoms with Gasteiger partial charge in [-0.25, -0.2) is 4.79 Å². The number of carbonyl (C=O) groups is 1. The second-order valence-electron chi connectivity index (χ2n) is 10.1. The third kappa shape index (κ3) is 7.59. The second-order valence-corrected chi connectivity index (χ2v) is 10.1. The predicted octanol–water partition coefficient (Wildman–Crippen LogP) is 3.90. The highest BCUT2D eigenvalue weighted by Gasteiger charge is 2.43. The average molecular weight is 476 g/mol. The molecule has 1 aromatic carbocycles. The number of para-hydroxylation sites is 1. The number of amides is 2. The quantitative estimate of drug-likeness (QED) is 0.356. The van der Waals surface area contributed by atoms with Gasteiger partial charge in [0, 0.05) is 50.9 Å². The lowest BCUT2D eigenvalue weighted by Gasteiger charge is -2.43. The number of aliphatic hydroxyl groups is 1. The molecule has 0 bridgehead atoms. The van der Waals surface area contributed by atoms with Gasteiger partial charge in [0.05, 0.1) is 12.2 Å². The number of methoxy groups -OCH3 is 1. The number of benzene rings is 1. The Morgan fingerprint density at radius 3 is 2.76 bits per heavy atom. The maximum absolute atomic E-state index is 12.9. The van der Waals surface area contributed by atoms with Crippen molar-refractivity contribution in [1.82, 2.24) is 15.5 Å². The van der Waals surface area contributed by atoms with Crippen molar-refractivity contribution in [3.05, 3.63) is 29.8 Å². The highest BCUT2D eigenvalue weighted by atomic mass is 16.5. The van der Waals surface area contributed by atoms with Gasteiger partial charge in [-0.05, 0) is 64.5 Å². The number of hydrogen-bond donors (Lipinski definition) is 3. The molecule has 0 spiro atoms. The topological polar surface area (TPSA) is 83.1 Å². The van der Waals surface area contributed by atoms with Crippen LogP contribution in [0.15, 0.2) is 24.3 Å². The summed E-state index contributed by atoms with van der Waals surface area (Å²) in [6.45, 7) is 5.33. The maximum Gasteiger partial charge on any atom is 0.317 e. The summed E-state index contributed by atoms with van der Waals surface area (Å²) >= 11 is 0. The van der Waals surface area contributed by atoms with Crippen LogP contribution in [0.1, 0.15) is 63.9 Å². The molecule has 1 heterocycles. The van der Waals surface area contributed by atoms with Gasteiger partial charge in [0.25, 0.3) is 0 Å². The Kier molecular flexibility index (Phi) is 10.5. The fraction of sp³-hybridized carbons (Fsp3) is 0.741. The molecular formula is C27H45N3O4. The van der Waals surface area contributed by atoms with Crippen molar-refractivity contribution in [3.63, 3.8) is 0 Å². The zero-order valence-corrected chi connectivity index (χ0v) is 21.4. The summed E-state index contributed by atoms with van der Waals surface area (Å²) in [5, 5.41) is 18.5. The lowest BCUT2D eigenvalue weighted by molar-refractivity contribution is -0.0580. The van der Waals surface area contributed by atoms with Gasteiger partial charge in [0.15, 0.2) is 0 Å². The zero-order chi connectivity index (χ0) is 24.4. The van der Waals surface area contributed by atoms with Gasteiger partial charge < -0.3 is 30.1 Å². The number of ether oxygens (including phenoxy) is 2. The highest BCUT2D eigenvalue weighted by Crippen LogP contribution is 2.43. The van der Waals surface area contributed by atoms with Crippen molar-refractivity contribution in [2.75, 3.05) is 47.0 Å². The van der Waals surface area contributed by atoms with Crippen molar-refractivity contribution in [2.45, 2.75) is 69.9 Å². The number of nitrogens with one attached hydrogen (secondary N) is 2. The Labute approximate surface area is 205 Å². The minimum absolute atomic E-state index is 0.0476. The van der Waals surface area contributed by atoms with Crippen LogP contribution in [0.25, 0.3) is 0 Å². The Balaban J connectivity index is 1.76. The number of rotatable bonds is 14. The molecule has 7 nitrogen and oxygen atoms in total. The van der Waals surface area contributed by atoms with Gasteiger partial charge in [-0.15, -0.1) is 0 Å². The van der Waals surface area contributed by atoms with E-state index in [4.69, 9.17) is 9.47 Å². The van der Waals surface area contributed by atoms with Crippen LogP contribution in [0.2, 0.25) is 0 Å². The van der Waals surface area contributed by atoms with Crippen molar-refractivity contribution >= 4 is 6.03 Å². The van der Waals surface area contributed by atoms with Gasteiger partial charge in [-0.1, -0.05) is 31.0 Å². The van der Waals surface area contributed by atoms with Crippen LogP contribution < -0.4 is 15.4 Å². The maximum atomic E-state index is 12.9. The fourth-order valence-electron chi connectivity index (χ4n) is 5.10. The fourth-order valence-corrected chi connectivity index (χ4v) is 5.10. The summed E-state index contributed by atoms with van der Waals surface area (Å²) in [7, 11) is 3.59. The number of piperidine rings is 1. The molecular weight excluding hydrogens is 430 g/mol. The van der Waals surface area contributed by atoms with E-state index in [-0.39, 0.29) is 18.0 Å². The zero-order valence-electron chi connectivity index (χ0n) is 21.4. The molecule has 1 saturated heterocycles. The summed E-state index contributed by atoms with van der Waals surface area (Å²) in [5.41, 5.74) is -0.196. The number of likely N-dealkylation sites (N-methyl/N-ethyl adjacent to an activating group) is 1. The molecule has 2 aliphatic rings. The van der Waals surface area contributed by atoms with E-state index in [1.165, 1.54) is 12.8 Å². The van der Waals surface area contributed by atoms with Gasteiger partial charge in [-0.3, -0.25) is 0 Å². The SMILES string of the molecule is CNCC(C)NC(=O)N1CCC[C@@H]([C@@](O)(CCCCOC)c2ccccc2OCCC2CC2)C1. The number of urea groups is 1. The molecule has 34 heavy (non-hydrogen) atoms. The van der Waals surface area contributed by atoms with E-state index in [1.807, 2.05) is 43.1 Å². The molecule has 3 atom stereocenters. The molecule has 1 saturated carbocycles. The van der Waals surface area contributed by atoms with Crippen LogP contribution >= 0.6 is 0 Å². The van der Waals surface area contributed by atoms with Gasteiger partial charge in [0.1, 0.15) is 5.75 Å². The van der Waals surface area contributed by atoms with Crippen LogP contribution in [-0.2, 0) is 10.3 Å². The largest absolute Gasteiger partial charge is 0.493 e. The van der Waals surface area contributed by atoms with Crippen molar-refractivity contribution < 1.29 is 19.4 Å². The van der Waals surface area contributed by atoms with Gasteiger partial charge >= 0.3 is 6.03 Å². The van der Waals surface area contributed by atoms with Crippen molar-refractivity contribution in [1.29, 1.82) is 0 Å². The molecule has 0 radical (unpaired) electrons. The number of carbonyl (C=O) groups excluding carboxylic acids is 1. The molecule has 3 rings (SSSR count). The Hall–Kier alpha value is -1.83. The Morgan fingerprint density at radius 2 is 2.03 bits per heavy atom. The van der Waals surface area contributed by atoms with Crippen LogP contribution in [0.4, 0.5) is 4.79 Å². The number of likely N-dealkylation sites (tertiary alicyclic amines) is 1. The van der Waals surface area contributed by atoms with Crippen molar-refractivity contribution in [2.24, 2.45) is 11.8 Å². The summed E-state index contributed by atoms with van der Waals surface area (Å²) in [4.78, 5) is 14.8. The second kappa shape index (κ2) is 13.3. The summed E-state index contributed by atoms with van der Waals surface area (Å²) in [6, 6.07) is 7.95. The first-order valence-electron chi connectivity index (χ1n) is 13.1. The van der Waals surface area contributed by atoms with Gasteiger partial charge in [0.2, 0.25) is 0 Å². The van der Waals surface area contributed by atoms with Crippen LogP contribution in [0.3, 0.4) is 0 Å². The van der Waals surface area contributed by atoms with E-state index in [0.29, 0.717) is 32.7 Å². The van der Waals surface area contributed by atoms with E-state index in [1.54, 1.807) is 7.11 Å². The smallest absolute Gasteiger partial charge is 0.317 e. The predicted molar refractivity (Wildman–Crippen MR) is 135 cm³/mol. The Morgan fingerprint density at radius 1 is 1.24 bits per heavy atom. The number of nitrogens with zero attached hydrogens (tertiary/aromatic N) is 1. The minimum Gasteiger partial charge on any atom is -0.493 e. The molecule has 3 N–H and O–H groups in total. The standard InChI is InChI=1S/C27H45N3O4/c1-21(19-28-2)29-26(31)30-16-8-9-23(20-30)27(32,15-6-7-17-33-3)24-10-4-5-11-25(24)34-18-14-22-12-13-22/h4-5,10-11,21-23,28,32H,6-9,12-20H2,1-3H3,(H,29,31)/t21?,23-,27+/m1/s1. The first-order valence-corrected chi connectivity index (χ1v) is 13.1. The average Bonchev–Trinajstić information content (AvgIpc) is 3.67. The molecule has 7 heteroatoms. The third-order valence-electron chi connectivity index (χ3n) is 7.25. The minimum atomic E-state index is -1.06. The highest BCUT2D eigenvalue weighted by molar-refractivity contribution is 5.74. The van der Waals surface area contributed by atoms with Crippen LogP contribution in [0, 0.1) is 11.8 Å². The summed E-state index contributed by atoms with van der Waals surface area (Å²) < 4.78 is 11.5. The Bertz CT molecular complexity index is 757. The van der Waals surface area contributed by atoms with E-state index in [9.17, 15) is 9.90 Å². The summed E-state index contributed by atoms with van der Waals surface area (Å²) in [5.74, 6) is 1.53. The lowest BCUT2D eigenvalue weighted by atomic mass is 9.73. The molecule has 1 aliphatic carbocycles. The van der Waals surface area contributed by atoms with Crippen LogP contribution in [-0.4, -0.2) is 69.1 Å². The van der Waals surface area contributed by atoms with E-state index in [0.717, 1.165) is 55.9 Å². The normalized spacial score (nSPS) is 21.1. The molecule has 192 valence electrons. The molecule has 1 unspecified atom stereocenters. The first-order chi connectivity index (χ1) is 16.5. The first kappa shape index (κ1) is 26.8. The molecule has 0 aromatic heterocycles. The summed E-state index contributed by atoms with van der Waals surface area (Å²) in [6.07, 6.45) is 7.81. The molecule has 2 fully saturated rings. The third-order valence-corrected chi connectivity index (χ3v) is 7.25. The monoisotopic (exact) mass is 475 g/mol. The van der Waals surface area contributed by atoms with E-state index < -0.39 is 5.60 Å². The number of unbranched alkanes of at least 4 members (excludes halogenated alkanes) is 1. The number of hydrogen-bond acceptors (Lipinski definition) is 5.